The number of alkyl halides is 3. The minimum absolute atomic E-state index is 0.0898. The number of carbonyl (C=O) groups excluding carboxylic acids is 1. The Morgan fingerprint density at radius 3 is 2.55 bits per heavy atom. The van der Waals surface area contributed by atoms with Gasteiger partial charge < -0.3 is 14.0 Å². The Labute approximate surface area is 213 Å². The van der Waals surface area contributed by atoms with Crippen molar-refractivity contribution in [3.63, 3.8) is 0 Å². The van der Waals surface area contributed by atoms with Gasteiger partial charge in [-0.3, -0.25) is 4.90 Å². The number of imidazole rings is 1. The van der Waals surface area contributed by atoms with Gasteiger partial charge in [-0.15, -0.1) is 0 Å². The number of hydrogen-bond acceptors (Lipinski definition) is 8. The second-order valence-corrected chi connectivity index (χ2v) is 9.09. The lowest BCUT2D eigenvalue weighted by atomic mass is 10.0. The SMILES string of the molecule is COc1ncnc(C2CC2)c1-c1nn(C)c2c1CN(c1ccc(-c3nc(C(F)(F)F)cn3C)cn1)C(=O)O2. The van der Waals surface area contributed by atoms with Crippen LogP contribution < -0.4 is 14.4 Å². The van der Waals surface area contributed by atoms with Gasteiger partial charge in [-0.25, -0.2) is 29.4 Å². The van der Waals surface area contributed by atoms with E-state index in [1.165, 1.54) is 46.9 Å². The summed E-state index contributed by atoms with van der Waals surface area (Å²) in [6, 6.07) is 3.08. The third-order valence-corrected chi connectivity index (χ3v) is 6.49. The van der Waals surface area contributed by atoms with Crippen LogP contribution in [0.5, 0.6) is 11.8 Å². The normalized spacial score (nSPS) is 15.4. The van der Waals surface area contributed by atoms with E-state index in [4.69, 9.17) is 9.47 Å². The molecule has 2 aliphatic rings. The lowest BCUT2D eigenvalue weighted by Gasteiger charge is -2.26. The van der Waals surface area contributed by atoms with Crippen LogP contribution in [0.4, 0.5) is 23.8 Å². The largest absolute Gasteiger partial charge is 0.480 e. The van der Waals surface area contributed by atoms with Crippen LogP contribution in [-0.4, -0.2) is 47.5 Å². The van der Waals surface area contributed by atoms with Crippen LogP contribution in [0.2, 0.25) is 0 Å². The molecule has 0 atom stereocenters. The first-order chi connectivity index (χ1) is 18.2. The van der Waals surface area contributed by atoms with Crippen molar-refractivity contribution in [3.8, 4) is 34.4 Å². The van der Waals surface area contributed by atoms with Gasteiger partial charge in [0.25, 0.3) is 0 Å². The van der Waals surface area contributed by atoms with Crippen molar-refractivity contribution < 1.29 is 27.4 Å². The number of anilines is 1. The second-order valence-electron chi connectivity index (χ2n) is 9.09. The van der Waals surface area contributed by atoms with Crippen molar-refractivity contribution in [3.05, 3.63) is 47.8 Å². The lowest BCUT2D eigenvalue weighted by molar-refractivity contribution is -0.140. The number of methoxy groups -OCH3 is 1. The predicted octanol–water partition coefficient (Wildman–Crippen LogP) is 4.10. The van der Waals surface area contributed by atoms with Crippen molar-refractivity contribution in [1.29, 1.82) is 0 Å². The lowest BCUT2D eigenvalue weighted by Crippen LogP contribution is -2.38. The summed E-state index contributed by atoms with van der Waals surface area (Å²) in [6.45, 7) is 0.0898. The molecule has 0 aromatic carbocycles. The Bertz CT molecular complexity index is 1560. The number of aromatic nitrogens is 7. The third kappa shape index (κ3) is 3.92. The third-order valence-electron chi connectivity index (χ3n) is 6.49. The number of ether oxygens (including phenoxy) is 2. The Morgan fingerprint density at radius 2 is 1.92 bits per heavy atom. The molecule has 11 nitrogen and oxygen atoms in total. The van der Waals surface area contributed by atoms with E-state index in [-0.39, 0.29) is 24.1 Å². The molecule has 14 heteroatoms. The van der Waals surface area contributed by atoms with Crippen LogP contribution in [0.25, 0.3) is 22.6 Å². The molecule has 0 bridgehead atoms. The highest BCUT2D eigenvalue weighted by Gasteiger charge is 2.38. The summed E-state index contributed by atoms with van der Waals surface area (Å²) in [7, 11) is 4.67. The number of rotatable bonds is 5. The van der Waals surface area contributed by atoms with Gasteiger partial charge >= 0.3 is 12.3 Å². The van der Waals surface area contributed by atoms with Crippen molar-refractivity contribution in [2.75, 3.05) is 12.0 Å². The topological polar surface area (TPSA) is 113 Å². The molecular formula is C24H21F3N8O3. The fourth-order valence-corrected chi connectivity index (χ4v) is 4.53. The summed E-state index contributed by atoms with van der Waals surface area (Å²) in [4.78, 5) is 31.0. The highest BCUT2D eigenvalue weighted by Crippen LogP contribution is 2.47. The molecule has 5 heterocycles. The highest BCUT2D eigenvalue weighted by molar-refractivity contribution is 5.91. The van der Waals surface area contributed by atoms with E-state index in [1.54, 1.807) is 13.1 Å². The standard InChI is InChI=1S/C24H21F3N8O3/c1-33-10-15(24(25,26)27)31-20(33)13-6-7-16(28-8-13)35-9-14-19(32-34(2)22(14)38-23(35)36)17-18(12-4-5-12)29-11-30-21(17)37-3/h6-8,10-12H,4-5,9H2,1-3H3. The molecule has 4 aromatic heterocycles. The summed E-state index contributed by atoms with van der Waals surface area (Å²) in [5.74, 6) is 1.29. The molecule has 38 heavy (non-hydrogen) atoms. The summed E-state index contributed by atoms with van der Waals surface area (Å²) in [5, 5.41) is 4.62. The second kappa shape index (κ2) is 8.53. The zero-order valence-corrected chi connectivity index (χ0v) is 20.5. The van der Waals surface area contributed by atoms with Gasteiger partial charge in [0.15, 0.2) is 5.69 Å². The first-order valence-corrected chi connectivity index (χ1v) is 11.7. The molecule has 0 unspecified atom stereocenters. The van der Waals surface area contributed by atoms with Crippen molar-refractivity contribution in [2.45, 2.75) is 31.5 Å². The number of fused-ring (bicyclic) bond motifs is 1. The van der Waals surface area contributed by atoms with Crippen molar-refractivity contribution >= 4 is 11.9 Å². The predicted molar refractivity (Wildman–Crippen MR) is 126 cm³/mol. The summed E-state index contributed by atoms with van der Waals surface area (Å²) in [6.07, 6.45) is 0.509. The van der Waals surface area contributed by atoms with E-state index < -0.39 is 18.0 Å². The maximum Gasteiger partial charge on any atom is 0.434 e. The smallest absolute Gasteiger partial charge is 0.434 e. The molecule has 196 valence electrons. The van der Waals surface area contributed by atoms with Gasteiger partial charge in [-0.1, -0.05) is 0 Å². The number of halogens is 3. The molecule has 4 aromatic rings. The summed E-state index contributed by atoms with van der Waals surface area (Å²) < 4.78 is 53.1. The Morgan fingerprint density at radius 1 is 1.13 bits per heavy atom. The van der Waals surface area contributed by atoms with Gasteiger partial charge in [0.1, 0.15) is 23.7 Å². The Kier molecular flexibility index (Phi) is 5.36. The van der Waals surface area contributed by atoms with E-state index in [2.05, 4.69) is 25.0 Å². The molecule has 0 spiro atoms. The number of hydrogen-bond donors (Lipinski definition) is 0. The fourth-order valence-electron chi connectivity index (χ4n) is 4.53. The van der Waals surface area contributed by atoms with Crippen LogP contribution in [0.3, 0.4) is 0 Å². The molecule has 1 fully saturated rings. The van der Waals surface area contributed by atoms with Crippen LogP contribution in [-0.2, 0) is 26.8 Å². The van der Waals surface area contributed by atoms with E-state index in [9.17, 15) is 18.0 Å². The van der Waals surface area contributed by atoms with Crippen molar-refractivity contribution in [2.24, 2.45) is 14.1 Å². The Hall–Kier alpha value is -4.49. The zero-order valence-electron chi connectivity index (χ0n) is 20.5. The van der Waals surface area contributed by atoms with Gasteiger partial charge in [0, 0.05) is 38.0 Å². The van der Waals surface area contributed by atoms with E-state index >= 15 is 0 Å². The summed E-state index contributed by atoms with van der Waals surface area (Å²) in [5.41, 5.74) is 2.03. The highest BCUT2D eigenvalue weighted by atomic mass is 19.4. The molecule has 6 rings (SSSR count). The van der Waals surface area contributed by atoms with Crippen LogP contribution >= 0.6 is 0 Å². The van der Waals surface area contributed by atoms with Gasteiger partial charge in [-0.05, 0) is 25.0 Å². The maximum absolute atomic E-state index is 13.1. The molecule has 1 saturated carbocycles. The Balaban J connectivity index is 1.35. The zero-order chi connectivity index (χ0) is 26.8. The van der Waals surface area contributed by atoms with E-state index in [1.807, 2.05) is 0 Å². The first-order valence-electron chi connectivity index (χ1n) is 11.7. The van der Waals surface area contributed by atoms with Crippen LogP contribution in [0, 0.1) is 0 Å². The van der Waals surface area contributed by atoms with Crippen molar-refractivity contribution in [1.82, 2.24) is 34.3 Å². The van der Waals surface area contributed by atoms with E-state index in [0.717, 1.165) is 24.7 Å². The number of nitrogens with zero attached hydrogens (tertiary/aromatic N) is 8. The molecule has 1 aliphatic carbocycles. The molecule has 1 aliphatic heterocycles. The quantitative estimate of drug-likeness (QED) is 0.382. The number of carbonyl (C=O) groups is 1. The van der Waals surface area contributed by atoms with Gasteiger partial charge in [0.05, 0.1) is 30.5 Å². The molecule has 0 radical (unpaired) electrons. The van der Waals surface area contributed by atoms with Crippen LogP contribution in [0.15, 0.2) is 30.9 Å². The monoisotopic (exact) mass is 526 g/mol. The molecule has 1 amide bonds. The molecule has 0 saturated heterocycles. The van der Waals surface area contributed by atoms with Gasteiger partial charge in [0.2, 0.25) is 11.8 Å². The number of amides is 1. The van der Waals surface area contributed by atoms with E-state index in [0.29, 0.717) is 34.1 Å². The minimum atomic E-state index is -4.56. The minimum Gasteiger partial charge on any atom is -0.480 e. The fraction of sp³-hybridized carbons (Fsp3) is 0.333. The number of aryl methyl sites for hydroxylation is 2. The number of pyridine rings is 1. The van der Waals surface area contributed by atoms with Gasteiger partial charge in [-0.2, -0.15) is 18.3 Å². The average Bonchev–Trinajstić information content (AvgIpc) is 3.59. The maximum atomic E-state index is 13.1. The summed E-state index contributed by atoms with van der Waals surface area (Å²) >= 11 is 0. The molecule has 0 N–H and O–H groups in total. The first kappa shape index (κ1) is 23.9. The van der Waals surface area contributed by atoms with Crippen LogP contribution in [0.1, 0.15) is 35.7 Å². The molecular weight excluding hydrogens is 505 g/mol. The average molecular weight is 526 g/mol.